The molecule has 0 fully saturated rings. The van der Waals surface area contributed by atoms with Crippen molar-refractivity contribution in [3.8, 4) is 0 Å². The number of likely N-dealkylation sites (N-methyl/N-ethyl adjacent to an activating group) is 1. The smallest absolute Gasteiger partial charge is 0.306 e. The predicted molar refractivity (Wildman–Crippen MR) is 208 cm³/mol. The maximum Gasteiger partial charge on any atom is 0.306 e. The van der Waals surface area contributed by atoms with E-state index in [0.29, 0.717) is 12.8 Å². The summed E-state index contributed by atoms with van der Waals surface area (Å²) in [5.41, 5.74) is 0. The number of carboxylic acids is 1. The van der Waals surface area contributed by atoms with Gasteiger partial charge in [-0.2, -0.15) is 0 Å². The topological polar surface area (TPSA) is 102 Å². The molecule has 2 atom stereocenters. The van der Waals surface area contributed by atoms with E-state index in [-0.39, 0.29) is 43.1 Å². The van der Waals surface area contributed by atoms with Crippen LogP contribution < -0.4 is 5.11 Å². The molecule has 0 bridgehead atoms. The summed E-state index contributed by atoms with van der Waals surface area (Å²) in [7, 11) is 5.36. The number of carbonyl (C=O) groups excluding carboxylic acids is 3. The second kappa shape index (κ2) is 33.9. The van der Waals surface area contributed by atoms with Crippen molar-refractivity contribution in [1.29, 1.82) is 0 Å². The lowest BCUT2D eigenvalue weighted by Crippen LogP contribution is -2.55. The SMILES string of the molecule is CC/C=C\C/C=C\C/C=C\C/C=C\CCC(=O)OC(COCCC(C(=O)[O-])[N+](C)(C)C)COC(=O)CCCCCCC/C=C\C/C=C\CCCC. The molecule has 2 unspecified atom stereocenters. The molecule has 0 aliphatic rings. The number of nitrogens with zero attached hydrogens (tertiary/aromatic N) is 1. The second-order valence-corrected chi connectivity index (χ2v) is 13.8. The molecule has 0 amide bonds. The molecule has 0 heterocycles. The summed E-state index contributed by atoms with van der Waals surface area (Å²) in [5.74, 6) is -1.87. The summed E-state index contributed by atoms with van der Waals surface area (Å²) >= 11 is 0. The summed E-state index contributed by atoms with van der Waals surface area (Å²) in [4.78, 5) is 36.6. The Morgan fingerprint density at radius 2 is 1.14 bits per heavy atom. The van der Waals surface area contributed by atoms with Crippen LogP contribution in [-0.2, 0) is 28.6 Å². The van der Waals surface area contributed by atoms with Crippen LogP contribution in [-0.4, -0.2) is 75.5 Å². The lowest BCUT2D eigenvalue weighted by Gasteiger charge is -2.34. The number of unbranched alkanes of at least 4 members (excludes halogenated alkanes) is 7. The first kappa shape index (κ1) is 47.8. The van der Waals surface area contributed by atoms with Gasteiger partial charge in [0.2, 0.25) is 0 Å². The molecular formula is C43H71NO7. The van der Waals surface area contributed by atoms with E-state index in [1.54, 1.807) is 21.1 Å². The van der Waals surface area contributed by atoms with E-state index in [2.05, 4.69) is 74.6 Å². The van der Waals surface area contributed by atoms with Gasteiger partial charge in [0, 0.05) is 19.3 Å². The average molecular weight is 714 g/mol. The van der Waals surface area contributed by atoms with Gasteiger partial charge in [-0.25, -0.2) is 0 Å². The van der Waals surface area contributed by atoms with Crippen molar-refractivity contribution in [2.75, 3.05) is 41.0 Å². The Hall–Kier alpha value is -3.23. The third-order valence-electron chi connectivity index (χ3n) is 8.09. The Labute approximate surface area is 311 Å². The number of aliphatic carboxylic acids is 1. The second-order valence-electron chi connectivity index (χ2n) is 13.8. The molecule has 0 aliphatic carbocycles. The van der Waals surface area contributed by atoms with Crippen LogP contribution in [0.25, 0.3) is 0 Å². The van der Waals surface area contributed by atoms with Gasteiger partial charge in [0.05, 0.1) is 40.3 Å². The fourth-order valence-corrected chi connectivity index (χ4v) is 5.04. The Kier molecular flexibility index (Phi) is 31.7. The summed E-state index contributed by atoms with van der Waals surface area (Å²) in [6.45, 7) is 4.38. The molecule has 0 saturated heterocycles. The lowest BCUT2D eigenvalue weighted by molar-refractivity contribution is -0.889. The summed E-state index contributed by atoms with van der Waals surface area (Å²) in [6, 6.07) is -0.742. The minimum atomic E-state index is -1.14. The maximum atomic E-state index is 12.6. The molecule has 0 aromatic carbocycles. The molecule has 290 valence electrons. The fraction of sp³-hybridized carbons (Fsp3) is 0.651. The van der Waals surface area contributed by atoms with Crippen LogP contribution >= 0.6 is 0 Å². The fourth-order valence-electron chi connectivity index (χ4n) is 5.04. The zero-order valence-corrected chi connectivity index (χ0v) is 32.7. The standard InChI is InChI=1S/C43H71NO7/c1-6-8-10-12-14-16-18-20-22-23-25-27-29-31-33-41(45)50-38-39(37-49-36-35-40(43(47)48)44(3,4)5)51-42(46)34-32-30-28-26-24-21-19-17-15-13-11-9-7-2/h9,11-12,14-15,17-18,20-21,24,28,30,39-40H,6-8,10,13,16,19,22-23,25-27,29,31-38H2,1-5H3/b11-9-,14-12-,17-15-,20-18-,24-21-,30-28-. The van der Waals surface area contributed by atoms with Crippen LogP contribution in [0.2, 0.25) is 0 Å². The Bertz CT molecular complexity index is 1060. The zero-order chi connectivity index (χ0) is 37.8. The van der Waals surface area contributed by atoms with Crippen molar-refractivity contribution < 1.29 is 38.2 Å². The van der Waals surface area contributed by atoms with E-state index in [9.17, 15) is 19.5 Å². The molecule has 0 aliphatic heterocycles. The van der Waals surface area contributed by atoms with Gasteiger partial charge >= 0.3 is 11.9 Å². The molecule has 0 aromatic rings. The number of ether oxygens (including phenoxy) is 3. The quantitative estimate of drug-likeness (QED) is 0.0290. The highest BCUT2D eigenvalue weighted by atomic mass is 16.6. The summed E-state index contributed by atoms with van der Waals surface area (Å²) in [6.07, 6.45) is 40.8. The molecule has 8 heteroatoms. The maximum absolute atomic E-state index is 12.6. The van der Waals surface area contributed by atoms with Crippen LogP contribution in [0.4, 0.5) is 0 Å². The first-order chi connectivity index (χ1) is 24.6. The van der Waals surface area contributed by atoms with E-state index in [4.69, 9.17) is 14.2 Å². The molecule has 0 rings (SSSR count). The van der Waals surface area contributed by atoms with E-state index in [1.807, 2.05) is 12.2 Å². The Balaban J connectivity index is 4.56. The number of allylic oxidation sites excluding steroid dienone is 12. The van der Waals surface area contributed by atoms with Gasteiger partial charge in [-0.15, -0.1) is 0 Å². The minimum absolute atomic E-state index is 0.00347. The molecule has 51 heavy (non-hydrogen) atoms. The van der Waals surface area contributed by atoms with Gasteiger partial charge in [-0.1, -0.05) is 119 Å². The van der Waals surface area contributed by atoms with Crippen molar-refractivity contribution in [2.45, 2.75) is 142 Å². The minimum Gasteiger partial charge on any atom is -0.544 e. The Morgan fingerprint density at radius 1 is 0.608 bits per heavy atom. The molecule has 0 aromatic heterocycles. The number of hydrogen-bond acceptors (Lipinski definition) is 7. The number of rotatable bonds is 33. The Morgan fingerprint density at radius 3 is 1.71 bits per heavy atom. The molecule has 0 radical (unpaired) electrons. The highest BCUT2D eigenvalue weighted by Gasteiger charge is 2.25. The van der Waals surface area contributed by atoms with E-state index < -0.39 is 24.1 Å². The van der Waals surface area contributed by atoms with Crippen molar-refractivity contribution in [3.63, 3.8) is 0 Å². The molecule has 0 N–H and O–H groups in total. The van der Waals surface area contributed by atoms with Gasteiger partial charge in [-0.3, -0.25) is 9.59 Å². The van der Waals surface area contributed by atoms with E-state index >= 15 is 0 Å². The summed E-state index contributed by atoms with van der Waals surface area (Å²) < 4.78 is 17.0. The van der Waals surface area contributed by atoms with Crippen LogP contribution in [0, 0.1) is 0 Å². The van der Waals surface area contributed by atoms with Crippen molar-refractivity contribution >= 4 is 17.9 Å². The molecule has 8 nitrogen and oxygen atoms in total. The highest BCUT2D eigenvalue weighted by Crippen LogP contribution is 2.11. The number of carbonyl (C=O) groups is 3. The molecule has 0 saturated carbocycles. The van der Waals surface area contributed by atoms with E-state index in [0.717, 1.165) is 70.6 Å². The van der Waals surface area contributed by atoms with Gasteiger partial charge in [0.15, 0.2) is 6.10 Å². The van der Waals surface area contributed by atoms with Gasteiger partial charge in [0.25, 0.3) is 0 Å². The van der Waals surface area contributed by atoms with Gasteiger partial charge in [-0.05, 0) is 64.2 Å². The van der Waals surface area contributed by atoms with Crippen LogP contribution in [0.15, 0.2) is 72.9 Å². The lowest BCUT2D eigenvalue weighted by atomic mass is 10.1. The largest absolute Gasteiger partial charge is 0.544 e. The summed E-state index contributed by atoms with van der Waals surface area (Å²) in [5, 5.41) is 11.6. The average Bonchev–Trinajstić information content (AvgIpc) is 3.08. The number of hydrogen-bond donors (Lipinski definition) is 0. The number of carboxylic acid groups (broad SMARTS) is 1. The zero-order valence-electron chi connectivity index (χ0n) is 32.7. The normalized spacial score (nSPS) is 13.8. The number of quaternary nitrogens is 1. The third-order valence-corrected chi connectivity index (χ3v) is 8.09. The van der Waals surface area contributed by atoms with Crippen molar-refractivity contribution in [2.24, 2.45) is 0 Å². The van der Waals surface area contributed by atoms with Gasteiger partial charge in [0.1, 0.15) is 12.6 Å². The van der Waals surface area contributed by atoms with Crippen LogP contribution in [0.1, 0.15) is 129 Å². The third kappa shape index (κ3) is 32.4. The monoisotopic (exact) mass is 714 g/mol. The van der Waals surface area contributed by atoms with Gasteiger partial charge < -0.3 is 28.6 Å². The first-order valence-corrected chi connectivity index (χ1v) is 19.5. The predicted octanol–water partition coefficient (Wildman–Crippen LogP) is 8.68. The van der Waals surface area contributed by atoms with Crippen LogP contribution in [0.5, 0.6) is 0 Å². The first-order valence-electron chi connectivity index (χ1n) is 19.5. The van der Waals surface area contributed by atoms with E-state index in [1.165, 1.54) is 19.3 Å². The van der Waals surface area contributed by atoms with Crippen LogP contribution in [0.3, 0.4) is 0 Å². The van der Waals surface area contributed by atoms with Crippen molar-refractivity contribution in [1.82, 2.24) is 0 Å². The number of esters is 2. The highest BCUT2D eigenvalue weighted by molar-refractivity contribution is 5.70. The molecule has 0 spiro atoms. The molecular weight excluding hydrogens is 642 g/mol. The van der Waals surface area contributed by atoms with Crippen molar-refractivity contribution in [3.05, 3.63) is 72.9 Å².